The third-order valence-corrected chi connectivity index (χ3v) is 3.79. The number of carbonyl (C=O) groups is 2. The Kier molecular flexibility index (Phi) is 4.62. The lowest BCUT2D eigenvalue weighted by Gasteiger charge is -2.04. The van der Waals surface area contributed by atoms with E-state index in [0.29, 0.717) is 22.1 Å². The van der Waals surface area contributed by atoms with Crippen LogP contribution in [0, 0.1) is 0 Å². The van der Waals surface area contributed by atoms with Crippen LogP contribution in [0.25, 0.3) is 11.4 Å². The molecular weight excluding hydrogens is 326 g/mol. The summed E-state index contributed by atoms with van der Waals surface area (Å²) in [5.74, 6) is -0.297. The molecule has 1 amide bonds. The number of hydrogen-bond acceptors (Lipinski definition) is 6. The summed E-state index contributed by atoms with van der Waals surface area (Å²) < 4.78 is 4.93. The van der Waals surface area contributed by atoms with Crippen LogP contribution in [0.5, 0.6) is 5.75 Å². The monoisotopic (exact) mass is 339 g/mol. The van der Waals surface area contributed by atoms with Gasteiger partial charge in [0.05, 0.1) is 5.69 Å². The molecule has 0 aliphatic rings. The zero-order chi connectivity index (χ0) is 16.9. The van der Waals surface area contributed by atoms with E-state index < -0.39 is 5.97 Å². The first kappa shape index (κ1) is 15.8. The van der Waals surface area contributed by atoms with Gasteiger partial charge in [-0.05, 0) is 36.4 Å². The van der Waals surface area contributed by atoms with Crippen LogP contribution in [-0.2, 0) is 4.79 Å². The highest BCUT2D eigenvalue weighted by atomic mass is 32.1. The van der Waals surface area contributed by atoms with Gasteiger partial charge in [-0.1, -0.05) is 6.07 Å². The van der Waals surface area contributed by atoms with Gasteiger partial charge in [0.2, 0.25) is 0 Å². The van der Waals surface area contributed by atoms with Crippen molar-refractivity contribution in [3.63, 3.8) is 0 Å². The SMILES string of the molecule is CC(=O)Oc1ccc(C(=O)Nc2nc(-c3ccccn3)cs2)cc1. The second-order valence-corrected chi connectivity index (χ2v) is 5.68. The fourth-order valence-corrected chi connectivity index (χ4v) is 2.67. The minimum atomic E-state index is -0.406. The molecule has 0 spiro atoms. The Bertz CT molecular complexity index is 860. The quantitative estimate of drug-likeness (QED) is 0.582. The molecule has 0 bridgehead atoms. The Hall–Kier alpha value is -3.06. The lowest BCUT2D eigenvalue weighted by Crippen LogP contribution is -2.11. The standard InChI is InChI=1S/C17H13N3O3S/c1-11(21)23-13-7-5-12(6-8-13)16(22)20-17-19-15(10-24-17)14-4-2-3-9-18-14/h2-10H,1H3,(H,19,20,22). The van der Waals surface area contributed by atoms with Crippen LogP contribution in [0.1, 0.15) is 17.3 Å². The van der Waals surface area contributed by atoms with Crippen molar-refractivity contribution in [2.24, 2.45) is 0 Å². The van der Waals surface area contributed by atoms with E-state index in [2.05, 4.69) is 15.3 Å². The molecule has 120 valence electrons. The van der Waals surface area contributed by atoms with Gasteiger partial charge in [-0.15, -0.1) is 11.3 Å². The molecule has 0 saturated heterocycles. The van der Waals surface area contributed by atoms with E-state index in [9.17, 15) is 9.59 Å². The lowest BCUT2D eigenvalue weighted by atomic mass is 10.2. The van der Waals surface area contributed by atoms with E-state index in [-0.39, 0.29) is 5.91 Å². The molecule has 0 aliphatic heterocycles. The average Bonchev–Trinajstić information content (AvgIpc) is 3.04. The molecule has 0 atom stereocenters. The molecule has 24 heavy (non-hydrogen) atoms. The lowest BCUT2D eigenvalue weighted by molar-refractivity contribution is -0.131. The molecular formula is C17H13N3O3S. The van der Waals surface area contributed by atoms with Gasteiger partial charge < -0.3 is 4.74 Å². The molecule has 1 aromatic carbocycles. The maximum absolute atomic E-state index is 12.2. The summed E-state index contributed by atoms with van der Waals surface area (Å²) in [6.45, 7) is 1.32. The molecule has 0 radical (unpaired) electrons. The fraction of sp³-hybridized carbons (Fsp3) is 0.0588. The van der Waals surface area contributed by atoms with Crippen molar-refractivity contribution in [2.75, 3.05) is 5.32 Å². The third kappa shape index (κ3) is 3.82. The Morgan fingerprint density at radius 1 is 1.08 bits per heavy atom. The number of anilines is 1. The number of aromatic nitrogens is 2. The second kappa shape index (κ2) is 7.01. The molecule has 0 aliphatic carbocycles. The maximum atomic E-state index is 12.2. The van der Waals surface area contributed by atoms with Crippen LogP contribution in [0.4, 0.5) is 5.13 Å². The smallest absolute Gasteiger partial charge is 0.308 e. The predicted octanol–water partition coefficient (Wildman–Crippen LogP) is 3.38. The van der Waals surface area contributed by atoms with Crippen molar-refractivity contribution in [2.45, 2.75) is 6.92 Å². The Morgan fingerprint density at radius 2 is 1.88 bits per heavy atom. The highest BCUT2D eigenvalue weighted by Gasteiger charge is 2.11. The minimum absolute atomic E-state index is 0.286. The van der Waals surface area contributed by atoms with E-state index in [0.717, 1.165) is 5.69 Å². The van der Waals surface area contributed by atoms with Crippen molar-refractivity contribution in [1.82, 2.24) is 9.97 Å². The average molecular weight is 339 g/mol. The number of amides is 1. The van der Waals surface area contributed by atoms with Crippen LogP contribution in [-0.4, -0.2) is 21.8 Å². The summed E-state index contributed by atoms with van der Waals surface area (Å²) in [4.78, 5) is 31.7. The van der Waals surface area contributed by atoms with E-state index in [1.165, 1.54) is 18.3 Å². The van der Waals surface area contributed by atoms with Gasteiger partial charge in [0.25, 0.3) is 5.91 Å². The number of benzene rings is 1. The number of ether oxygens (including phenoxy) is 1. The first-order chi connectivity index (χ1) is 11.6. The number of thiazole rings is 1. The summed E-state index contributed by atoms with van der Waals surface area (Å²) >= 11 is 1.33. The Labute approximate surface area is 142 Å². The zero-order valence-electron chi connectivity index (χ0n) is 12.7. The van der Waals surface area contributed by atoms with E-state index in [1.54, 1.807) is 30.5 Å². The van der Waals surface area contributed by atoms with Crippen LogP contribution in [0.2, 0.25) is 0 Å². The number of pyridine rings is 1. The number of carbonyl (C=O) groups excluding carboxylic acids is 2. The molecule has 7 heteroatoms. The molecule has 0 fully saturated rings. The van der Waals surface area contributed by atoms with Gasteiger partial charge in [-0.25, -0.2) is 4.98 Å². The Balaban J connectivity index is 1.69. The number of nitrogens with one attached hydrogen (secondary N) is 1. The largest absolute Gasteiger partial charge is 0.427 e. The van der Waals surface area contributed by atoms with E-state index >= 15 is 0 Å². The minimum Gasteiger partial charge on any atom is -0.427 e. The number of nitrogens with zero attached hydrogens (tertiary/aromatic N) is 2. The number of rotatable bonds is 4. The highest BCUT2D eigenvalue weighted by Crippen LogP contribution is 2.23. The Morgan fingerprint density at radius 3 is 2.54 bits per heavy atom. The predicted molar refractivity (Wildman–Crippen MR) is 91.0 cm³/mol. The second-order valence-electron chi connectivity index (χ2n) is 4.83. The molecule has 0 saturated carbocycles. The molecule has 3 aromatic rings. The van der Waals surface area contributed by atoms with Gasteiger partial charge in [-0.3, -0.25) is 19.9 Å². The van der Waals surface area contributed by atoms with Crippen LogP contribution >= 0.6 is 11.3 Å². The van der Waals surface area contributed by atoms with Gasteiger partial charge >= 0.3 is 5.97 Å². The van der Waals surface area contributed by atoms with E-state index in [1.807, 2.05) is 23.6 Å². The van der Waals surface area contributed by atoms with Gasteiger partial charge in [0.1, 0.15) is 11.4 Å². The first-order valence-corrected chi connectivity index (χ1v) is 7.96. The number of esters is 1. The highest BCUT2D eigenvalue weighted by molar-refractivity contribution is 7.14. The third-order valence-electron chi connectivity index (χ3n) is 3.03. The van der Waals surface area contributed by atoms with Crippen LogP contribution in [0.3, 0.4) is 0 Å². The van der Waals surface area contributed by atoms with Crippen molar-refractivity contribution in [3.8, 4) is 17.1 Å². The van der Waals surface area contributed by atoms with Crippen molar-refractivity contribution < 1.29 is 14.3 Å². The first-order valence-electron chi connectivity index (χ1n) is 7.08. The fourth-order valence-electron chi connectivity index (χ4n) is 1.97. The summed E-state index contributed by atoms with van der Waals surface area (Å²) in [5.41, 5.74) is 1.90. The van der Waals surface area contributed by atoms with Crippen LogP contribution in [0.15, 0.2) is 54.0 Å². The van der Waals surface area contributed by atoms with Crippen molar-refractivity contribution in [3.05, 3.63) is 59.6 Å². The maximum Gasteiger partial charge on any atom is 0.308 e. The zero-order valence-corrected chi connectivity index (χ0v) is 13.5. The molecule has 2 aromatic heterocycles. The summed E-state index contributed by atoms with van der Waals surface area (Å²) in [6.07, 6.45) is 1.69. The molecule has 2 heterocycles. The summed E-state index contributed by atoms with van der Waals surface area (Å²) in [5, 5.41) is 5.07. The topological polar surface area (TPSA) is 81.2 Å². The van der Waals surface area contributed by atoms with Gasteiger partial charge in [0.15, 0.2) is 5.13 Å². The summed E-state index contributed by atoms with van der Waals surface area (Å²) in [7, 11) is 0. The van der Waals surface area contributed by atoms with Gasteiger partial charge in [-0.2, -0.15) is 0 Å². The number of hydrogen-bond donors (Lipinski definition) is 1. The molecule has 3 rings (SSSR count). The molecule has 1 N–H and O–H groups in total. The van der Waals surface area contributed by atoms with Crippen LogP contribution < -0.4 is 10.1 Å². The molecule has 0 unspecified atom stereocenters. The molecule has 6 nitrogen and oxygen atoms in total. The van der Waals surface area contributed by atoms with Gasteiger partial charge in [0, 0.05) is 24.1 Å². The summed E-state index contributed by atoms with van der Waals surface area (Å²) in [6, 6.07) is 11.9. The van der Waals surface area contributed by atoms with Crippen molar-refractivity contribution >= 4 is 28.3 Å². The van der Waals surface area contributed by atoms with Crippen molar-refractivity contribution in [1.29, 1.82) is 0 Å². The normalized spacial score (nSPS) is 10.2. The van der Waals surface area contributed by atoms with E-state index in [4.69, 9.17) is 4.74 Å².